The van der Waals surface area contributed by atoms with Crippen LogP contribution in [0.1, 0.15) is 26.7 Å². The van der Waals surface area contributed by atoms with Gasteiger partial charge in [-0.25, -0.2) is 0 Å². The number of rotatable bonds is 9. The molecule has 0 radical (unpaired) electrons. The Labute approximate surface area is 133 Å². The van der Waals surface area contributed by atoms with Crippen molar-refractivity contribution in [2.45, 2.75) is 57.1 Å². The summed E-state index contributed by atoms with van der Waals surface area (Å²) in [7, 11) is 0. The molecule has 10 nitrogen and oxygen atoms in total. The number of esters is 1. The molecular weight excluding hydrogens is 312 g/mol. The number of nitrogens with two attached hydrogens (primary N) is 1. The second-order valence-corrected chi connectivity index (χ2v) is 5.07. The van der Waals surface area contributed by atoms with Gasteiger partial charge in [-0.15, -0.1) is 0 Å². The Bertz CT molecular complexity index is 415. The lowest BCUT2D eigenvalue weighted by atomic mass is 10.0. The Morgan fingerprint density at radius 1 is 1.13 bits per heavy atom. The molecule has 0 aromatic carbocycles. The molecule has 10 heteroatoms. The summed E-state index contributed by atoms with van der Waals surface area (Å²) in [4.78, 5) is 33.8. The van der Waals surface area contributed by atoms with Gasteiger partial charge in [-0.05, 0) is 13.3 Å². The molecule has 0 unspecified atom stereocenters. The number of carbonyl (C=O) groups excluding carboxylic acids is 3. The number of aliphatic hydroxyl groups is 4. The fourth-order valence-corrected chi connectivity index (χ4v) is 1.47. The van der Waals surface area contributed by atoms with E-state index in [2.05, 4.69) is 4.74 Å². The van der Waals surface area contributed by atoms with Crippen LogP contribution >= 0.6 is 0 Å². The highest BCUT2D eigenvalue weighted by atomic mass is 16.5. The highest BCUT2D eigenvalue weighted by molar-refractivity contribution is 5.97. The van der Waals surface area contributed by atoms with Crippen LogP contribution < -0.4 is 11.1 Å². The Morgan fingerprint density at radius 2 is 1.70 bits per heavy atom. The lowest BCUT2D eigenvalue weighted by Crippen LogP contribution is -2.52. The van der Waals surface area contributed by atoms with Crippen molar-refractivity contribution >= 4 is 17.8 Å². The van der Waals surface area contributed by atoms with Crippen molar-refractivity contribution in [1.29, 1.82) is 0 Å². The number of hydrogen-bond acceptors (Lipinski definition) is 9. The molecule has 0 saturated heterocycles. The van der Waals surface area contributed by atoms with Crippen molar-refractivity contribution < 1.29 is 39.5 Å². The van der Waals surface area contributed by atoms with E-state index in [0.717, 1.165) is 0 Å². The van der Waals surface area contributed by atoms with E-state index >= 15 is 0 Å². The zero-order chi connectivity index (χ0) is 18.2. The van der Waals surface area contributed by atoms with Gasteiger partial charge in [0, 0.05) is 6.42 Å². The van der Waals surface area contributed by atoms with Crippen LogP contribution in [0, 0.1) is 0 Å². The van der Waals surface area contributed by atoms with Crippen molar-refractivity contribution in [2.24, 2.45) is 5.73 Å². The van der Waals surface area contributed by atoms with E-state index < -0.39 is 54.8 Å². The van der Waals surface area contributed by atoms with Crippen LogP contribution in [0.25, 0.3) is 0 Å². The van der Waals surface area contributed by atoms with Crippen molar-refractivity contribution in [2.75, 3.05) is 6.61 Å². The van der Waals surface area contributed by atoms with Crippen LogP contribution in [0.15, 0.2) is 0 Å². The lowest BCUT2D eigenvalue weighted by Gasteiger charge is -2.25. The molecule has 0 aromatic rings. The van der Waals surface area contributed by atoms with Gasteiger partial charge in [0.25, 0.3) is 5.91 Å². The van der Waals surface area contributed by atoms with Gasteiger partial charge in [-0.3, -0.25) is 19.7 Å². The highest BCUT2D eigenvalue weighted by Crippen LogP contribution is 2.07. The minimum Gasteiger partial charge on any atom is -0.462 e. The maximum absolute atomic E-state index is 11.5. The van der Waals surface area contributed by atoms with Gasteiger partial charge >= 0.3 is 5.97 Å². The lowest BCUT2D eigenvalue weighted by molar-refractivity contribution is -0.161. The molecule has 23 heavy (non-hydrogen) atoms. The molecule has 0 saturated carbocycles. The van der Waals surface area contributed by atoms with Crippen LogP contribution in [0.3, 0.4) is 0 Å². The quantitative estimate of drug-likeness (QED) is 0.236. The maximum atomic E-state index is 11.5. The summed E-state index contributed by atoms with van der Waals surface area (Å²) >= 11 is 0. The number of carbonyl (C=O) groups is 3. The van der Waals surface area contributed by atoms with E-state index in [1.165, 1.54) is 6.92 Å². The number of imide groups is 1. The molecule has 7 N–H and O–H groups in total. The van der Waals surface area contributed by atoms with Gasteiger partial charge in [0.2, 0.25) is 5.91 Å². The van der Waals surface area contributed by atoms with Gasteiger partial charge in [0.15, 0.2) is 6.10 Å². The molecule has 0 spiro atoms. The topological polar surface area (TPSA) is 179 Å². The zero-order valence-corrected chi connectivity index (χ0v) is 13.0. The average molecular weight is 336 g/mol. The predicted octanol–water partition coefficient (Wildman–Crippen LogP) is -3.24. The average Bonchev–Trinajstić information content (AvgIpc) is 2.49. The number of ether oxygens (including phenoxy) is 1. The third-order valence-electron chi connectivity index (χ3n) is 2.84. The van der Waals surface area contributed by atoms with Crippen molar-refractivity contribution in [3.05, 3.63) is 0 Å². The van der Waals surface area contributed by atoms with Crippen molar-refractivity contribution in [3.63, 3.8) is 0 Å². The summed E-state index contributed by atoms with van der Waals surface area (Å²) in [5.74, 6) is -2.70. The summed E-state index contributed by atoms with van der Waals surface area (Å²) in [5, 5.41) is 40.3. The minimum atomic E-state index is -2.15. The van der Waals surface area contributed by atoms with Gasteiger partial charge in [-0.1, -0.05) is 6.92 Å². The number of aliphatic hydroxyl groups excluding tert-OH is 4. The molecule has 2 amide bonds. The summed E-state index contributed by atoms with van der Waals surface area (Å²) in [6, 6.07) is -0.940. The first-order valence-corrected chi connectivity index (χ1v) is 7.09. The Morgan fingerprint density at radius 3 is 2.17 bits per heavy atom. The van der Waals surface area contributed by atoms with Gasteiger partial charge in [-0.2, -0.15) is 0 Å². The number of amides is 2. The molecule has 0 aliphatic rings. The van der Waals surface area contributed by atoms with E-state index in [1.54, 1.807) is 6.92 Å². The zero-order valence-electron chi connectivity index (χ0n) is 13.0. The Balaban J connectivity index is 4.49. The van der Waals surface area contributed by atoms with E-state index in [1.807, 2.05) is 5.32 Å². The first-order valence-electron chi connectivity index (χ1n) is 7.09. The van der Waals surface area contributed by atoms with E-state index in [4.69, 9.17) is 5.73 Å². The summed E-state index contributed by atoms with van der Waals surface area (Å²) < 4.78 is 4.55. The van der Waals surface area contributed by atoms with E-state index in [0.29, 0.717) is 6.42 Å². The smallest absolute Gasteiger partial charge is 0.322 e. The molecule has 0 bridgehead atoms. The molecular formula is C13H24N2O8. The molecule has 0 heterocycles. The summed E-state index contributed by atoms with van der Waals surface area (Å²) in [6.07, 6.45) is -7.46. The fraction of sp³-hybridized carbons (Fsp3) is 0.769. The third-order valence-corrected chi connectivity index (χ3v) is 2.84. The van der Waals surface area contributed by atoms with E-state index in [-0.39, 0.29) is 6.42 Å². The first-order chi connectivity index (χ1) is 10.6. The van der Waals surface area contributed by atoms with Crippen LogP contribution in [0.5, 0.6) is 0 Å². The van der Waals surface area contributed by atoms with Crippen molar-refractivity contribution in [1.82, 2.24) is 5.32 Å². The predicted molar refractivity (Wildman–Crippen MR) is 76.7 cm³/mol. The van der Waals surface area contributed by atoms with Crippen LogP contribution in [0.4, 0.5) is 0 Å². The SMILES string of the molecule is CCCC(=O)NC(=O)[C@H](O)[C@@H](O)[C@H](O)[C@H](O)COC(=O)[C@H](C)N. The second kappa shape index (κ2) is 10.2. The molecule has 0 aromatic heterocycles. The maximum Gasteiger partial charge on any atom is 0.322 e. The highest BCUT2D eigenvalue weighted by Gasteiger charge is 2.35. The summed E-state index contributed by atoms with van der Waals surface area (Å²) in [5.41, 5.74) is 5.22. The van der Waals surface area contributed by atoms with Gasteiger partial charge < -0.3 is 30.9 Å². The van der Waals surface area contributed by atoms with Gasteiger partial charge in [0.05, 0.1) is 0 Å². The van der Waals surface area contributed by atoms with Crippen LogP contribution in [-0.4, -0.2) is 75.3 Å². The molecule has 134 valence electrons. The molecule has 0 fully saturated rings. The Hall–Kier alpha value is -1.59. The molecule has 5 atom stereocenters. The molecule has 0 aliphatic heterocycles. The normalized spacial score (nSPS) is 17.5. The van der Waals surface area contributed by atoms with Gasteiger partial charge in [0.1, 0.15) is 31.0 Å². The van der Waals surface area contributed by atoms with Crippen LogP contribution in [0.2, 0.25) is 0 Å². The Kier molecular flexibility index (Phi) is 9.53. The first kappa shape index (κ1) is 21.4. The number of hydrogen-bond donors (Lipinski definition) is 6. The van der Waals surface area contributed by atoms with Crippen LogP contribution in [-0.2, 0) is 19.1 Å². The van der Waals surface area contributed by atoms with E-state index in [9.17, 15) is 34.8 Å². The minimum absolute atomic E-state index is 0.0486. The largest absolute Gasteiger partial charge is 0.462 e. The number of nitrogens with one attached hydrogen (secondary N) is 1. The second-order valence-electron chi connectivity index (χ2n) is 5.07. The summed E-state index contributed by atoms with van der Waals surface area (Å²) in [6.45, 7) is 2.36. The fourth-order valence-electron chi connectivity index (χ4n) is 1.47. The monoisotopic (exact) mass is 336 g/mol. The molecule has 0 aliphatic carbocycles. The molecule has 0 rings (SSSR count). The standard InChI is InChI=1S/C13H24N2O8/c1-3-4-8(17)15-12(21)11(20)10(19)9(18)7(16)5-23-13(22)6(2)14/h6-7,9-11,16,18-20H,3-5,14H2,1-2H3,(H,15,17,21)/t6-,7+,9+,10-,11+/m0/s1. The third kappa shape index (κ3) is 7.48. The van der Waals surface area contributed by atoms with Crippen molar-refractivity contribution in [3.8, 4) is 0 Å².